The van der Waals surface area contributed by atoms with Gasteiger partial charge in [-0.2, -0.15) is 0 Å². The molecule has 0 saturated heterocycles. The lowest BCUT2D eigenvalue weighted by atomic mass is 10.1. The molecule has 0 fully saturated rings. The van der Waals surface area contributed by atoms with Gasteiger partial charge in [0.2, 0.25) is 0 Å². The van der Waals surface area contributed by atoms with Gasteiger partial charge in [-0.15, -0.1) is 0 Å². The number of ether oxygens (including phenoxy) is 1. The van der Waals surface area contributed by atoms with Crippen LogP contribution in [0.5, 0.6) is 5.75 Å². The molecular formula is C26H28BrN3O4S. The summed E-state index contributed by atoms with van der Waals surface area (Å²) in [6, 6.07) is 15.6. The lowest BCUT2D eigenvalue weighted by molar-refractivity contribution is 0.0947. The molecule has 35 heavy (non-hydrogen) atoms. The number of thiocarbonyl (C=S) groups is 1. The van der Waals surface area contributed by atoms with E-state index < -0.39 is 0 Å². The van der Waals surface area contributed by atoms with Crippen molar-refractivity contribution in [3.63, 3.8) is 0 Å². The molecule has 0 radical (unpaired) electrons. The highest BCUT2D eigenvalue weighted by molar-refractivity contribution is 9.10. The van der Waals surface area contributed by atoms with Crippen LogP contribution >= 0.6 is 28.1 Å². The first-order valence-electron chi connectivity index (χ1n) is 11.4. The first-order valence-corrected chi connectivity index (χ1v) is 12.6. The van der Waals surface area contributed by atoms with Gasteiger partial charge in [0.25, 0.3) is 11.8 Å². The molecule has 3 aromatic rings. The van der Waals surface area contributed by atoms with Crippen molar-refractivity contribution in [2.45, 2.75) is 39.2 Å². The zero-order chi connectivity index (χ0) is 25.0. The predicted molar refractivity (Wildman–Crippen MR) is 144 cm³/mol. The molecule has 3 rings (SSSR count). The van der Waals surface area contributed by atoms with E-state index in [-0.39, 0.29) is 23.5 Å². The molecule has 0 atom stereocenters. The summed E-state index contributed by atoms with van der Waals surface area (Å²) >= 11 is 8.78. The van der Waals surface area contributed by atoms with Gasteiger partial charge in [0.05, 0.1) is 35.1 Å². The molecule has 3 N–H and O–H groups in total. The van der Waals surface area contributed by atoms with Crippen LogP contribution in [-0.4, -0.2) is 23.5 Å². The zero-order valence-corrected chi connectivity index (χ0v) is 21.8. The van der Waals surface area contributed by atoms with Gasteiger partial charge in [-0.1, -0.05) is 38.3 Å². The second-order valence-electron chi connectivity index (χ2n) is 7.77. The summed E-state index contributed by atoms with van der Waals surface area (Å²) in [5.74, 6) is 0.657. The van der Waals surface area contributed by atoms with Crippen LogP contribution < -0.4 is 20.7 Å². The Bertz CT molecular complexity index is 1150. The van der Waals surface area contributed by atoms with E-state index in [9.17, 15) is 9.59 Å². The van der Waals surface area contributed by atoms with Gasteiger partial charge in [-0.25, -0.2) is 0 Å². The smallest absolute Gasteiger partial charge is 0.257 e. The highest BCUT2D eigenvalue weighted by Crippen LogP contribution is 2.26. The molecule has 0 aliphatic carbocycles. The molecule has 0 aliphatic heterocycles. The molecular weight excluding hydrogens is 530 g/mol. The second kappa shape index (κ2) is 13.7. The van der Waals surface area contributed by atoms with E-state index in [0.29, 0.717) is 39.4 Å². The number of nitrogens with one attached hydrogen (secondary N) is 3. The summed E-state index contributed by atoms with van der Waals surface area (Å²) in [4.78, 5) is 25.3. The van der Waals surface area contributed by atoms with Crippen molar-refractivity contribution in [2.24, 2.45) is 0 Å². The minimum atomic E-state index is -0.377. The minimum Gasteiger partial charge on any atom is -0.492 e. The number of carbonyl (C=O) groups excluding carboxylic acids is 2. The molecule has 184 valence electrons. The normalized spacial score (nSPS) is 10.5. The molecule has 0 unspecified atom stereocenters. The molecule has 9 heteroatoms. The number of halogens is 1. The number of furan rings is 1. The quantitative estimate of drug-likeness (QED) is 0.196. The average Bonchev–Trinajstić information content (AvgIpc) is 3.37. The number of carbonyl (C=O) groups is 2. The maximum absolute atomic E-state index is 12.7. The van der Waals surface area contributed by atoms with Crippen LogP contribution in [0.15, 0.2) is 69.8 Å². The zero-order valence-electron chi connectivity index (χ0n) is 19.4. The highest BCUT2D eigenvalue weighted by Gasteiger charge is 2.15. The van der Waals surface area contributed by atoms with E-state index in [1.807, 2.05) is 0 Å². The summed E-state index contributed by atoms with van der Waals surface area (Å²) in [5, 5.41) is 8.46. The summed E-state index contributed by atoms with van der Waals surface area (Å²) in [6.45, 7) is 3.06. The van der Waals surface area contributed by atoms with Gasteiger partial charge in [0.15, 0.2) is 5.11 Å². The SMILES string of the molecule is CCCCCCOc1ccc(C(=O)NC(=S)Nc2ccccc2C(=O)NCc2ccco2)cc1Br. The van der Waals surface area contributed by atoms with Crippen molar-refractivity contribution in [3.05, 3.63) is 82.2 Å². The van der Waals surface area contributed by atoms with Gasteiger partial charge in [-0.3, -0.25) is 14.9 Å². The number of amides is 2. The molecule has 7 nitrogen and oxygen atoms in total. The molecule has 2 amide bonds. The molecule has 1 aromatic heterocycles. The Morgan fingerprint density at radius 1 is 1.03 bits per heavy atom. The molecule has 2 aromatic carbocycles. The van der Waals surface area contributed by atoms with Crippen molar-refractivity contribution in [1.82, 2.24) is 10.6 Å². The first-order chi connectivity index (χ1) is 17.0. The van der Waals surface area contributed by atoms with E-state index in [2.05, 4.69) is 38.8 Å². The number of hydrogen-bond acceptors (Lipinski definition) is 5. The third-order valence-electron chi connectivity index (χ3n) is 5.10. The van der Waals surface area contributed by atoms with Crippen LogP contribution in [0.25, 0.3) is 0 Å². The maximum atomic E-state index is 12.7. The van der Waals surface area contributed by atoms with Crippen LogP contribution in [-0.2, 0) is 6.54 Å². The average molecular weight is 558 g/mol. The summed E-state index contributed by atoms with van der Waals surface area (Å²) < 4.78 is 11.7. The Labute approximate surface area is 218 Å². The van der Waals surface area contributed by atoms with Crippen molar-refractivity contribution >= 4 is 50.8 Å². The Hall–Kier alpha value is -3.17. The molecule has 0 aliphatic rings. The number of hydrogen-bond donors (Lipinski definition) is 3. The van der Waals surface area contributed by atoms with Gasteiger partial charge >= 0.3 is 0 Å². The van der Waals surface area contributed by atoms with E-state index >= 15 is 0 Å². The topological polar surface area (TPSA) is 92.6 Å². The molecule has 0 saturated carbocycles. The fourth-order valence-electron chi connectivity index (χ4n) is 3.26. The standard InChI is InChI=1S/C26H28BrN3O4S/c1-2-3-4-7-14-34-23-13-12-18(16-21(23)27)24(31)30-26(35)29-22-11-6-5-10-20(22)25(32)28-17-19-9-8-15-33-19/h5-6,8-13,15-16H,2-4,7,14,17H2,1H3,(H,28,32)(H2,29,30,31,35). The molecule has 1 heterocycles. The van der Waals surface area contributed by atoms with Gasteiger partial charge < -0.3 is 19.8 Å². The van der Waals surface area contributed by atoms with E-state index in [1.165, 1.54) is 12.8 Å². The Balaban J connectivity index is 1.55. The lowest BCUT2D eigenvalue weighted by Gasteiger charge is -2.14. The third kappa shape index (κ3) is 8.22. The minimum absolute atomic E-state index is 0.0775. The monoisotopic (exact) mass is 557 g/mol. The lowest BCUT2D eigenvalue weighted by Crippen LogP contribution is -2.35. The fourth-order valence-corrected chi connectivity index (χ4v) is 3.96. The Morgan fingerprint density at radius 2 is 1.86 bits per heavy atom. The highest BCUT2D eigenvalue weighted by atomic mass is 79.9. The second-order valence-corrected chi connectivity index (χ2v) is 9.03. The number of benzene rings is 2. The fraction of sp³-hybridized carbons (Fsp3) is 0.269. The first kappa shape index (κ1) is 26.4. The maximum Gasteiger partial charge on any atom is 0.257 e. The van der Waals surface area contributed by atoms with Gasteiger partial charge in [0, 0.05) is 5.56 Å². The van der Waals surface area contributed by atoms with E-state index in [1.54, 1.807) is 60.9 Å². The van der Waals surface area contributed by atoms with Gasteiger partial charge in [-0.05, 0) is 77.0 Å². The van der Waals surface area contributed by atoms with Crippen molar-refractivity contribution in [1.29, 1.82) is 0 Å². The van der Waals surface area contributed by atoms with Gasteiger partial charge in [0.1, 0.15) is 11.5 Å². The van der Waals surface area contributed by atoms with Crippen LogP contribution in [0.1, 0.15) is 59.1 Å². The number of anilines is 1. The van der Waals surface area contributed by atoms with E-state index in [0.717, 1.165) is 12.8 Å². The third-order valence-corrected chi connectivity index (χ3v) is 5.92. The van der Waals surface area contributed by atoms with Crippen molar-refractivity contribution in [2.75, 3.05) is 11.9 Å². The Morgan fingerprint density at radius 3 is 2.60 bits per heavy atom. The summed E-state index contributed by atoms with van der Waals surface area (Å²) in [7, 11) is 0. The molecule has 0 bridgehead atoms. The summed E-state index contributed by atoms with van der Waals surface area (Å²) in [5.41, 5.74) is 1.28. The van der Waals surface area contributed by atoms with Crippen molar-refractivity contribution in [3.8, 4) is 5.75 Å². The number of para-hydroxylation sites is 1. The number of rotatable bonds is 11. The molecule has 0 spiro atoms. The van der Waals surface area contributed by atoms with E-state index in [4.69, 9.17) is 21.4 Å². The number of unbranched alkanes of at least 4 members (excludes halogenated alkanes) is 3. The van der Waals surface area contributed by atoms with Crippen LogP contribution in [0, 0.1) is 0 Å². The van der Waals surface area contributed by atoms with Crippen LogP contribution in [0.2, 0.25) is 0 Å². The largest absolute Gasteiger partial charge is 0.492 e. The van der Waals surface area contributed by atoms with Crippen LogP contribution in [0.4, 0.5) is 5.69 Å². The van der Waals surface area contributed by atoms with Crippen molar-refractivity contribution < 1.29 is 18.7 Å². The predicted octanol–water partition coefficient (Wildman–Crippen LogP) is 6.06. The van der Waals surface area contributed by atoms with Crippen LogP contribution in [0.3, 0.4) is 0 Å². The Kier molecular flexibility index (Phi) is 10.3. The summed E-state index contributed by atoms with van der Waals surface area (Å²) in [6.07, 6.45) is 6.04.